The van der Waals surface area contributed by atoms with Crippen molar-refractivity contribution in [2.75, 3.05) is 64.3 Å². The number of nitrogens with one attached hydrogen (secondary N) is 1. The minimum Gasteiger partial charge on any atom is -0.497 e. The van der Waals surface area contributed by atoms with Gasteiger partial charge in [-0.15, -0.1) is 0 Å². The van der Waals surface area contributed by atoms with Gasteiger partial charge >= 0.3 is 6.03 Å². The first kappa shape index (κ1) is 33.2. The Morgan fingerprint density at radius 1 is 1.04 bits per heavy atom. The van der Waals surface area contributed by atoms with Crippen LogP contribution >= 0.6 is 0 Å². The average molecular weight is 674 g/mol. The number of hydrogen-bond donors (Lipinski definition) is 1. The van der Waals surface area contributed by atoms with E-state index in [0.29, 0.717) is 42.3 Å². The Labute approximate surface area is 280 Å². The number of amides is 3. The summed E-state index contributed by atoms with van der Waals surface area (Å²) in [6, 6.07) is 15.1. The number of sulfonamides is 1. The van der Waals surface area contributed by atoms with Crippen LogP contribution < -0.4 is 19.1 Å². The number of benzene rings is 2. The molecule has 1 aromatic heterocycles. The summed E-state index contributed by atoms with van der Waals surface area (Å²) in [4.78, 5) is 39.8. The summed E-state index contributed by atoms with van der Waals surface area (Å²) in [7, 11) is -0.937. The molecule has 3 aliphatic heterocycles. The molecule has 6 rings (SSSR count). The maximum absolute atomic E-state index is 15.0. The predicted molar refractivity (Wildman–Crippen MR) is 177 cm³/mol. The number of carbonyl (C=O) groups excluding carboxylic acids is 2. The van der Waals surface area contributed by atoms with Crippen LogP contribution in [0.25, 0.3) is 0 Å². The summed E-state index contributed by atoms with van der Waals surface area (Å²) in [5.74, 6) is -0.455. The van der Waals surface area contributed by atoms with Crippen LogP contribution in [0.1, 0.15) is 36.5 Å². The van der Waals surface area contributed by atoms with Crippen LogP contribution in [0.3, 0.4) is 0 Å². The van der Waals surface area contributed by atoms with Gasteiger partial charge in [-0.25, -0.2) is 18.2 Å². The summed E-state index contributed by atoms with van der Waals surface area (Å²) >= 11 is 0. The van der Waals surface area contributed by atoms with Gasteiger partial charge in [-0.2, -0.15) is 9.57 Å². The number of nitriles is 1. The number of fused-ring (bicyclic) bond motifs is 1. The third-order valence-corrected chi connectivity index (χ3v) is 11.1. The van der Waals surface area contributed by atoms with Gasteiger partial charge in [0.2, 0.25) is 5.88 Å². The SMILES string of the molecule is CCOc1ncccc1C1(NC(=O)N2CCN(C3CCN(C)CC3)CC2)C(=O)N(S(=O)(=O)c2ccc(OC)cc2)c2ccc(C#N)cc21. The van der Waals surface area contributed by atoms with Crippen molar-refractivity contribution in [3.63, 3.8) is 0 Å². The molecule has 13 nitrogen and oxygen atoms in total. The highest BCUT2D eigenvalue weighted by Crippen LogP contribution is 2.49. The summed E-state index contributed by atoms with van der Waals surface area (Å²) in [6.45, 7) is 6.21. The maximum Gasteiger partial charge on any atom is 0.318 e. The molecule has 2 aromatic carbocycles. The van der Waals surface area contributed by atoms with Crippen molar-refractivity contribution in [2.45, 2.75) is 36.2 Å². The fraction of sp³-hybridized carbons (Fsp3) is 0.412. The van der Waals surface area contributed by atoms with Crippen molar-refractivity contribution < 1.29 is 27.5 Å². The Morgan fingerprint density at radius 2 is 1.75 bits per heavy atom. The number of methoxy groups -OCH3 is 1. The second kappa shape index (κ2) is 13.4. The number of anilines is 1. The fourth-order valence-electron chi connectivity index (χ4n) is 6.82. The number of hydrogen-bond acceptors (Lipinski definition) is 10. The number of carbonyl (C=O) groups is 2. The van der Waals surface area contributed by atoms with E-state index in [1.54, 1.807) is 24.0 Å². The Balaban J connectivity index is 1.43. The van der Waals surface area contributed by atoms with E-state index in [1.807, 2.05) is 0 Å². The van der Waals surface area contributed by atoms with Crippen LogP contribution in [-0.2, 0) is 20.4 Å². The Bertz CT molecular complexity index is 1830. The highest BCUT2D eigenvalue weighted by atomic mass is 32.2. The zero-order valence-corrected chi connectivity index (χ0v) is 28.1. The molecular formula is C34H39N7O6S. The third kappa shape index (κ3) is 5.82. The van der Waals surface area contributed by atoms with E-state index in [9.17, 15) is 23.3 Å². The first-order valence-corrected chi connectivity index (χ1v) is 17.4. The predicted octanol–water partition coefficient (Wildman–Crippen LogP) is 2.76. The van der Waals surface area contributed by atoms with Gasteiger partial charge in [-0.1, -0.05) is 0 Å². The molecular weight excluding hydrogens is 634 g/mol. The number of piperidine rings is 1. The summed E-state index contributed by atoms with van der Waals surface area (Å²) < 4.78 is 40.4. The van der Waals surface area contributed by atoms with Crippen molar-refractivity contribution in [1.29, 1.82) is 5.26 Å². The van der Waals surface area contributed by atoms with Crippen molar-refractivity contribution >= 4 is 27.6 Å². The van der Waals surface area contributed by atoms with E-state index in [0.717, 1.165) is 25.9 Å². The summed E-state index contributed by atoms with van der Waals surface area (Å²) in [5, 5.41) is 12.8. The molecule has 4 heterocycles. The van der Waals surface area contributed by atoms with Gasteiger partial charge in [-0.05, 0) is 94.5 Å². The molecule has 1 unspecified atom stereocenters. The van der Waals surface area contributed by atoms with Gasteiger partial charge in [0.05, 0.1) is 41.5 Å². The smallest absolute Gasteiger partial charge is 0.318 e. The second-order valence-corrected chi connectivity index (χ2v) is 13.9. The molecule has 14 heteroatoms. The van der Waals surface area contributed by atoms with E-state index in [4.69, 9.17) is 9.47 Å². The number of pyridine rings is 1. The molecule has 0 saturated carbocycles. The number of rotatable bonds is 8. The number of aromatic nitrogens is 1. The lowest BCUT2D eigenvalue weighted by Crippen LogP contribution is -2.61. The molecule has 3 amide bonds. The van der Waals surface area contributed by atoms with Gasteiger partial charge in [-0.3, -0.25) is 9.69 Å². The molecule has 1 atom stereocenters. The quantitative estimate of drug-likeness (QED) is 0.379. The van der Waals surface area contributed by atoms with Crippen molar-refractivity contribution in [3.05, 3.63) is 77.5 Å². The van der Waals surface area contributed by atoms with E-state index in [-0.39, 0.29) is 39.8 Å². The van der Waals surface area contributed by atoms with Crippen molar-refractivity contribution in [2.24, 2.45) is 0 Å². The molecule has 0 bridgehead atoms. The minimum absolute atomic E-state index is 0.00788. The van der Waals surface area contributed by atoms with Gasteiger partial charge < -0.3 is 24.6 Å². The number of likely N-dealkylation sites (tertiary alicyclic amines) is 1. The summed E-state index contributed by atoms with van der Waals surface area (Å²) in [5.41, 5.74) is -1.64. The van der Waals surface area contributed by atoms with Crippen LogP contribution in [0.2, 0.25) is 0 Å². The van der Waals surface area contributed by atoms with Crippen LogP contribution in [0.4, 0.5) is 10.5 Å². The Kier molecular flexibility index (Phi) is 9.28. The topological polar surface area (TPSA) is 148 Å². The van der Waals surface area contributed by atoms with Crippen molar-refractivity contribution in [1.82, 2.24) is 25.0 Å². The zero-order chi connectivity index (χ0) is 34.1. The Morgan fingerprint density at radius 3 is 2.40 bits per heavy atom. The maximum atomic E-state index is 15.0. The van der Waals surface area contributed by atoms with E-state index in [1.165, 1.54) is 55.8 Å². The molecule has 2 fully saturated rings. The lowest BCUT2D eigenvalue weighted by molar-refractivity contribution is -0.121. The first-order chi connectivity index (χ1) is 23.1. The lowest BCUT2D eigenvalue weighted by Gasteiger charge is -2.43. The Hall–Kier alpha value is -4.71. The first-order valence-electron chi connectivity index (χ1n) is 16.0. The van der Waals surface area contributed by atoms with Crippen LogP contribution in [-0.4, -0.2) is 106 Å². The molecule has 48 heavy (non-hydrogen) atoms. The second-order valence-electron chi connectivity index (χ2n) is 12.1. The largest absolute Gasteiger partial charge is 0.497 e. The van der Waals surface area contributed by atoms with Gasteiger partial charge in [0, 0.05) is 44.0 Å². The van der Waals surface area contributed by atoms with Crippen LogP contribution in [0.15, 0.2) is 65.7 Å². The van der Waals surface area contributed by atoms with Gasteiger partial charge in [0.15, 0.2) is 5.54 Å². The molecule has 3 aliphatic rings. The fourth-order valence-corrected chi connectivity index (χ4v) is 8.28. The highest BCUT2D eigenvalue weighted by Gasteiger charge is 2.59. The van der Waals surface area contributed by atoms with Gasteiger partial charge in [0.25, 0.3) is 15.9 Å². The van der Waals surface area contributed by atoms with E-state index >= 15 is 0 Å². The molecule has 1 N–H and O–H groups in total. The average Bonchev–Trinajstić information content (AvgIpc) is 3.36. The minimum atomic E-state index is -4.53. The molecule has 0 spiro atoms. The molecule has 0 aliphatic carbocycles. The summed E-state index contributed by atoms with van der Waals surface area (Å²) in [6.07, 6.45) is 3.63. The van der Waals surface area contributed by atoms with Crippen LogP contribution in [0.5, 0.6) is 11.6 Å². The van der Waals surface area contributed by atoms with Gasteiger partial charge in [0.1, 0.15) is 5.75 Å². The van der Waals surface area contributed by atoms with Crippen molar-refractivity contribution in [3.8, 4) is 17.7 Å². The third-order valence-electron chi connectivity index (χ3n) is 9.41. The normalized spacial score (nSPS) is 20.7. The zero-order valence-electron chi connectivity index (χ0n) is 27.3. The lowest BCUT2D eigenvalue weighted by atomic mass is 9.83. The molecule has 3 aromatic rings. The molecule has 252 valence electrons. The number of piperazine rings is 1. The van der Waals surface area contributed by atoms with E-state index in [2.05, 4.69) is 33.2 Å². The number of nitrogens with zero attached hydrogens (tertiary/aromatic N) is 6. The van der Waals surface area contributed by atoms with Crippen LogP contribution in [0, 0.1) is 11.3 Å². The van der Waals surface area contributed by atoms with E-state index < -0.39 is 27.5 Å². The highest BCUT2D eigenvalue weighted by molar-refractivity contribution is 7.93. The number of ether oxygens (including phenoxy) is 2. The number of urea groups is 1. The molecule has 2 saturated heterocycles. The monoisotopic (exact) mass is 673 g/mol. The standard InChI is InChI=1S/C34H39N7O6S/c1-4-47-31-28(6-5-15-36-31)34(37-33(43)40-20-18-39(19-21-40)25-13-16-38(2)17-14-25)29-22-24(23-35)7-12-30(29)41(32(34)42)48(44,45)27-10-8-26(46-3)9-11-27/h5-12,15,22,25H,4,13-14,16-21H2,1-3H3,(H,37,43). The molecule has 0 radical (unpaired) electrons.